The Kier molecular flexibility index (Phi) is 11.9. The molecule has 0 spiro atoms. The normalized spacial score (nSPS) is 10.8. The van der Waals surface area contributed by atoms with Crippen LogP contribution in [-0.4, -0.2) is 32.8 Å². The van der Waals surface area contributed by atoms with Crippen LogP contribution in [0.25, 0.3) is 0 Å². The van der Waals surface area contributed by atoms with Crippen molar-refractivity contribution in [1.82, 2.24) is 10.6 Å². The van der Waals surface area contributed by atoms with Gasteiger partial charge in [0.1, 0.15) is 13.3 Å². The van der Waals surface area contributed by atoms with Gasteiger partial charge in [0, 0.05) is 20.6 Å². The standard InChI is InChI=1S/C18H30N2O4/c1-16(21)20-12-6-4-3-5-11-19-15-24-23-14-18-9-7-17(8-10-18)13-22-2/h7-10,19H,3-6,11-15H2,1-2H3,(H,20,21). The molecule has 0 unspecified atom stereocenters. The second-order valence-corrected chi connectivity index (χ2v) is 5.67. The van der Waals surface area contributed by atoms with E-state index in [1.165, 1.54) is 0 Å². The van der Waals surface area contributed by atoms with Gasteiger partial charge in [0.05, 0.1) is 6.61 Å². The minimum atomic E-state index is 0.0414. The van der Waals surface area contributed by atoms with Crippen molar-refractivity contribution in [3.63, 3.8) is 0 Å². The van der Waals surface area contributed by atoms with Crippen molar-refractivity contribution in [3.05, 3.63) is 35.4 Å². The van der Waals surface area contributed by atoms with Crippen molar-refractivity contribution in [2.24, 2.45) is 0 Å². The van der Waals surface area contributed by atoms with Crippen LogP contribution in [0.5, 0.6) is 0 Å². The molecule has 0 aliphatic carbocycles. The van der Waals surface area contributed by atoms with Gasteiger partial charge in [-0.1, -0.05) is 37.1 Å². The van der Waals surface area contributed by atoms with Crippen LogP contribution in [0.15, 0.2) is 24.3 Å². The summed E-state index contributed by atoms with van der Waals surface area (Å²) < 4.78 is 5.07. The summed E-state index contributed by atoms with van der Waals surface area (Å²) in [7, 11) is 1.68. The lowest BCUT2D eigenvalue weighted by molar-refractivity contribution is -0.307. The van der Waals surface area contributed by atoms with Gasteiger partial charge < -0.3 is 10.1 Å². The lowest BCUT2D eigenvalue weighted by Gasteiger charge is -2.07. The minimum absolute atomic E-state index is 0.0414. The third kappa shape index (κ3) is 11.1. The SMILES string of the molecule is COCc1ccc(COOCNCCCCCCNC(C)=O)cc1. The molecule has 0 aliphatic heterocycles. The number of hydrogen-bond acceptors (Lipinski definition) is 5. The minimum Gasteiger partial charge on any atom is -0.380 e. The van der Waals surface area contributed by atoms with Crippen molar-refractivity contribution in [1.29, 1.82) is 0 Å². The molecule has 0 aliphatic rings. The highest BCUT2D eigenvalue weighted by molar-refractivity contribution is 5.72. The molecular formula is C18H30N2O4. The number of ether oxygens (including phenoxy) is 1. The van der Waals surface area contributed by atoms with Gasteiger partial charge in [-0.05, 0) is 30.5 Å². The van der Waals surface area contributed by atoms with Crippen LogP contribution in [-0.2, 0) is 32.5 Å². The average Bonchev–Trinajstić information content (AvgIpc) is 2.57. The summed E-state index contributed by atoms with van der Waals surface area (Å²) in [6.07, 6.45) is 4.38. The Bertz CT molecular complexity index is 437. The summed E-state index contributed by atoms with van der Waals surface area (Å²) in [6, 6.07) is 8.05. The van der Waals surface area contributed by atoms with E-state index in [0.717, 1.165) is 49.9 Å². The van der Waals surface area contributed by atoms with E-state index in [1.54, 1.807) is 14.0 Å². The van der Waals surface area contributed by atoms with E-state index in [9.17, 15) is 4.79 Å². The van der Waals surface area contributed by atoms with Crippen LogP contribution in [0.1, 0.15) is 43.7 Å². The predicted octanol–water partition coefficient (Wildman–Crippen LogP) is 2.52. The fourth-order valence-electron chi connectivity index (χ4n) is 2.16. The van der Waals surface area contributed by atoms with Crippen molar-refractivity contribution in [3.8, 4) is 0 Å². The Balaban J connectivity index is 1.87. The molecule has 2 N–H and O–H groups in total. The monoisotopic (exact) mass is 338 g/mol. The molecule has 1 aromatic rings. The van der Waals surface area contributed by atoms with Crippen LogP contribution in [0.3, 0.4) is 0 Å². The average molecular weight is 338 g/mol. The van der Waals surface area contributed by atoms with Crippen LogP contribution in [0, 0.1) is 0 Å². The Hall–Kier alpha value is -1.47. The van der Waals surface area contributed by atoms with E-state index in [1.807, 2.05) is 24.3 Å². The molecule has 1 amide bonds. The molecule has 0 heterocycles. The molecule has 0 fully saturated rings. The molecule has 1 rings (SSSR count). The zero-order chi connectivity index (χ0) is 17.5. The lowest BCUT2D eigenvalue weighted by atomic mass is 10.1. The van der Waals surface area contributed by atoms with Crippen molar-refractivity contribution >= 4 is 5.91 Å². The molecule has 0 bridgehead atoms. The first-order valence-corrected chi connectivity index (χ1v) is 8.48. The van der Waals surface area contributed by atoms with E-state index < -0.39 is 0 Å². The third-order valence-electron chi connectivity index (χ3n) is 3.46. The summed E-state index contributed by atoms with van der Waals surface area (Å²) in [4.78, 5) is 21.0. The van der Waals surface area contributed by atoms with Gasteiger partial charge in [-0.3, -0.25) is 10.1 Å². The summed E-state index contributed by atoms with van der Waals surface area (Å²) in [6.45, 7) is 4.64. The highest BCUT2D eigenvalue weighted by Crippen LogP contribution is 2.06. The molecule has 0 saturated carbocycles. The molecule has 6 nitrogen and oxygen atoms in total. The summed E-state index contributed by atoms with van der Waals surface area (Å²) in [5, 5.41) is 5.97. The highest BCUT2D eigenvalue weighted by Gasteiger charge is 1.96. The summed E-state index contributed by atoms with van der Waals surface area (Å²) in [5.41, 5.74) is 2.20. The van der Waals surface area contributed by atoms with Gasteiger partial charge in [-0.25, -0.2) is 9.78 Å². The number of nitrogens with one attached hydrogen (secondary N) is 2. The second-order valence-electron chi connectivity index (χ2n) is 5.67. The molecular weight excluding hydrogens is 308 g/mol. The van der Waals surface area contributed by atoms with Gasteiger partial charge in [0.2, 0.25) is 5.91 Å². The van der Waals surface area contributed by atoms with Gasteiger partial charge >= 0.3 is 0 Å². The van der Waals surface area contributed by atoms with Crippen LogP contribution in [0.2, 0.25) is 0 Å². The maximum absolute atomic E-state index is 10.7. The molecule has 1 aromatic carbocycles. The summed E-state index contributed by atoms with van der Waals surface area (Å²) in [5.74, 6) is 0.0414. The fraction of sp³-hybridized carbons (Fsp3) is 0.611. The van der Waals surface area contributed by atoms with Crippen molar-refractivity contribution in [2.45, 2.75) is 45.8 Å². The number of amides is 1. The zero-order valence-electron chi connectivity index (χ0n) is 14.8. The Morgan fingerprint density at radius 3 is 2.17 bits per heavy atom. The van der Waals surface area contributed by atoms with E-state index in [2.05, 4.69) is 10.6 Å². The van der Waals surface area contributed by atoms with Crippen molar-refractivity contribution < 1.29 is 19.3 Å². The van der Waals surface area contributed by atoms with E-state index in [-0.39, 0.29) is 5.91 Å². The number of hydrogen-bond donors (Lipinski definition) is 2. The Labute approximate surface area is 144 Å². The number of carbonyl (C=O) groups is 1. The molecule has 24 heavy (non-hydrogen) atoms. The third-order valence-corrected chi connectivity index (χ3v) is 3.46. The topological polar surface area (TPSA) is 68.8 Å². The second kappa shape index (κ2) is 13.9. The van der Waals surface area contributed by atoms with E-state index >= 15 is 0 Å². The first-order valence-electron chi connectivity index (χ1n) is 8.48. The van der Waals surface area contributed by atoms with E-state index in [4.69, 9.17) is 14.5 Å². The number of unbranched alkanes of at least 4 members (excludes halogenated alkanes) is 3. The molecule has 0 aromatic heterocycles. The number of benzene rings is 1. The van der Waals surface area contributed by atoms with Gasteiger partial charge in [-0.2, -0.15) is 0 Å². The number of rotatable bonds is 14. The largest absolute Gasteiger partial charge is 0.380 e. The van der Waals surface area contributed by atoms with Gasteiger partial charge in [0.15, 0.2) is 0 Å². The zero-order valence-corrected chi connectivity index (χ0v) is 14.8. The molecule has 6 heteroatoms. The maximum Gasteiger partial charge on any atom is 0.216 e. The first kappa shape index (κ1) is 20.6. The van der Waals surface area contributed by atoms with Crippen molar-refractivity contribution in [2.75, 3.05) is 26.9 Å². The summed E-state index contributed by atoms with van der Waals surface area (Å²) >= 11 is 0. The van der Waals surface area contributed by atoms with E-state index in [0.29, 0.717) is 19.9 Å². The van der Waals surface area contributed by atoms with Crippen LogP contribution in [0.4, 0.5) is 0 Å². The molecule has 0 atom stereocenters. The predicted molar refractivity (Wildman–Crippen MR) is 93.1 cm³/mol. The molecule has 0 saturated heterocycles. The van der Waals surface area contributed by atoms with Gasteiger partial charge in [0.25, 0.3) is 0 Å². The molecule has 136 valence electrons. The van der Waals surface area contributed by atoms with Gasteiger partial charge in [-0.15, -0.1) is 0 Å². The Morgan fingerprint density at radius 2 is 1.54 bits per heavy atom. The molecule has 0 radical (unpaired) electrons. The fourth-order valence-corrected chi connectivity index (χ4v) is 2.16. The number of methoxy groups -OCH3 is 1. The van der Waals surface area contributed by atoms with Crippen LogP contribution >= 0.6 is 0 Å². The lowest BCUT2D eigenvalue weighted by Crippen LogP contribution is -2.21. The smallest absolute Gasteiger partial charge is 0.216 e. The maximum atomic E-state index is 10.7. The number of carbonyl (C=O) groups excluding carboxylic acids is 1. The van der Waals surface area contributed by atoms with Crippen LogP contribution < -0.4 is 10.6 Å². The quantitative estimate of drug-likeness (QED) is 0.236. The Morgan fingerprint density at radius 1 is 0.917 bits per heavy atom. The highest BCUT2D eigenvalue weighted by atomic mass is 17.2. The first-order chi connectivity index (χ1) is 11.7.